The van der Waals surface area contributed by atoms with Crippen LogP contribution >= 0.6 is 0 Å². The molecule has 3 nitrogen and oxygen atoms in total. The molecule has 19 heavy (non-hydrogen) atoms. The Morgan fingerprint density at radius 1 is 0.684 bits per heavy atom. The fraction of sp³-hybridized carbons (Fsp3) is 1.00. The van der Waals surface area contributed by atoms with Gasteiger partial charge >= 0.3 is 33.3 Å². The maximum atomic E-state index is 12.4. The molecular formula is C4F11NO2S. The van der Waals surface area contributed by atoms with Crippen molar-refractivity contribution >= 4 is 10.0 Å². The molecule has 0 heterocycles. The van der Waals surface area contributed by atoms with Crippen molar-refractivity contribution in [1.29, 1.82) is 0 Å². The summed E-state index contributed by atoms with van der Waals surface area (Å²) in [5.41, 5.74) is 0. The minimum Gasteiger partial charge on any atom is -0.201 e. The van der Waals surface area contributed by atoms with Crippen LogP contribution in [0.1, 0.15) is 0 Å². The fourth-order valence-corrected chi connectivity index (χ4v) is 1.23. The second kappa shape index (κ2) is 4.32. The molecule has 0 aromatic rings. The summed E-state index contributed by atoms with van der Waals surface area (Å²) >= 11 is 0. The number of hydrogen-bond acceptors (Lipinski definition) is 2. The normalized spacial score (nSPS) is 16.0. The summed E-state index contributed by atoms with van der Waals surface area (Å²) in [6, 6.07) is 0. The lowest BCUT2D eigenvalue weighted by Gasteiger charge is -2.32. The van der Waals surface area contributed by atoms with Crippen LogP contribution in [0.5, 0.6) is 0 Å². The quantitative estimate of drug-likeness (QED) is 0.585. The molecule has 15 heteroatoms. The first-order chi connectivity index (χ1) is 7.94. The van der Waals surface area contributed by atoms with Gasteiger partial charge in [0.25, 0.3) is 0 Å². The summed E-state index contributed by atoms with van der Waals surface area (Å²) in [5, 5.41) is -7.40. The highest BCUT2D eigenvalue weighted by molar-refractivity contribution is 7.89. The van der Waals surface area contributed by atoms with Crippen molar-refractivity contribution in [3.63, 3.8) is 0 Å². The van der Waals surface area contributed by atoms with Gasteiger partial charge in [0.15, 0.2) is 0 Å². The third-order valence-corrected chi connectivity index (χ3v) is 2.89. The summed E-state index contributed by atoms with van der Waals surface area (Å²) in [6.45, 7) is 0. The highest BCUT2D eigenvalue weighted by atomic mass is 32.2. The van der Waals surface area contributed by atoms with Gasteiger partial charge in [-0.2, -0.15) is 39.5 Å². The van der Waals surface area contributed by atoms with Gasteiger partial charge in [0.1, 0.15) is 4.75 Å². The van der Waals surface area contributed by atoms with E-state index >= 15 is 0 Å². The molecule has 0 saturated heterocycles. The van der Waals surface area contributed by atoms with Crippen LogP contribution < -0.4 is 0 Å². The van der Waals surface area contributed by atoms with Crippen molar-refractivity contribution in [2.24, 2.45) is 0 Å². The van der Waals surface area contributed by atoms with Gasteiger partial charge in [-0.3, -0.25) is 0 Å². The smallest absolute Gasteiger partial charge is 0.201 e. The minimum atomic E-state index is -7.74. The topological polar surface area (TPSA) is 37.4 Å². The van der Waals surface area contributed by atoms with Crippen LogP contribution in [0.4, 0.5) is 48.5 Å². The van der Waals surface area contributed by atoms with Crippen LogP contribution in [-0.2, 0) is 10.0 Å². The van der Waals surface area contributed by atoms with Crippen LogP contribution in [0.2, 0.25) is 0 Å². The molecule has 0 aliphatic heterocycles. The fourth-order valence-electron chi connectivity index (χ4n) is 0.609. The monoisotopic (exact) mass is 335 g/mol. The third kappa shape index (κ3) is 2.32. The Labute approximate surface area is 96.0 Å². The molecule has 0 amide bonds. The van der Waals surface area contributed by atoms with E-state index in [0.717, 1.165) is 0 Å². The standard InChI is InChI=1S/C4F11NO2S/c5-1(6,3(9,10)11)2(7,8)4(12,13)19(17,18)16(14)15. The maximum absolute atomic E-state index is 12.4. The van der Waals surface area contributed by atoms with Gasteiger partial charge in [0, 0.05) is 0 Å². The summed E-state index contributed by atoms with van der Waals surface area (Å²) in [6.07, 6.45) is -7.30. The van der Waals surface area contributed by atoms with Gasteiger partial charge in [-0.25, -0.2) is 8.42 Å². The molecule has 0 rings (SSSR count). The molecule has 0 spiro atoms. The highest BCUT2D eigenvalue weighted by Crippen LogP contribution is 2.55. The van der Waals surface area contributed by atoms with Crippen LogP contribution in [0, 0.1) is 0 Å². The molecule has 0 atom stereocenters. The van der Waals surface area contributed by atoms with Crippen LogP contribution in [0.3, 0.4) is 0 Å². The molecule has 0 saturated carbocycles. The van der Waals surface area contributed by atoms with E-state index in [9.17, 15) is 56.9 Å². The molecule has 0 radical (unpaired) electrons. The van der Waals surface area contributed by atoms with Gasteiger partial charge in [0.2, 0.25) is 0 Å². The molecule has 0 aliphatic carbocycles. The van der Waals surface area contributed by atoms with Crippen molar-refractivity contribution in [2.75, 3.05) is 0 Å². The molecule has 0 N–H and O–H groups in total. The maximum Gasteiger partial charge on any atom is 0.460 e. The van der Waals surface area contributed by atoms with Gasteiger partial charge in [-0.15, -0.1) is 0 Å². The number of hydrogen-bond donors (Lipinski definition) is 0. The number of sulfonamides is 1. The zero-order valence-electron chi connectivity index (χ0n) is 7.83. The molecule has 0 unspecified atom stereocenters. The Morgan fingerprint density at radius 3 is 1.21 bits per heavy atom. The molecule has 0 bridgehead atoms. The predicted octanol–water partition coefficient (Wildman–Crippen LogP) is 2.81. The molecule has 0 aliphatic rings. The average molecular weight is 335 g/mol. The summed E-state index contributed by atoms with van der Waals surface area (Å²) < 4.78 is 148. The molecule has 0 fully saturated rings. The Balaban J connectivity index is 6.08. The zero-order chi connectivity index (χ0) is 16.1. The van der Waals surface area contributed by atoms with Gasteiger partial charge in [-0.05, 0) is 0 Å². The Kier molecular flexibility index (Phi) is 4.13. The first-order valence-electron chi connectivity index (χ1n) is 3.51. The second-order valence-electron chi connectivity index (χ2n) is 2.84. The molecule has 0 aromatic carbocycles. The van der Waals surface area contributed by atoms with Crippen molar-refractivity contribution in [3.8, 4) is 0 Å². The largest absolute Gasteiger partial charge is 0.460 e. The van der Waals surface area contributed by atoms with E-state index in [1.54, 1.807) is 0 Å². The van der Waals surface area contributed by atoms with E-state index in [0.29, 0.717) is 0 Å². The van der Waals surface area contributed by atoms with E-state index in [2.05, 4.69) is 0 Å². The van der Waals surface area contributed by atoms with E-state index in [-0.39, 0.29) is 0 Å². The van der Waals surface area contributed by atoms with Crippen LogP contribution in [0.15, 0.2) is 0 Å². The predicted molar refractivity (Wildman–Crippen MR) is 33.9 cm³/mol. The third-order valence-electron chi connectivity index (χ3n) is 1.62. The second-order valence-corrected chi connectivity index (χ2v) is 4.58. The van der Waals surface area contributed by atoms with Gasteiger partial charge < -0.3 is 0 Å². The van der Waals surface area contributed by atoms with Crippen molar-refractivity contribution in [2.45, 2.75) is 23.3 Å². The summed E-state index contributed by atoms with van der Waals surface area (Å²) in [4.78, 5) is 0. The average Bonchev–Trinajstić information content (AvgIpc) is 2.14. The van der Waals surface area contributed by atoms with E-state index in [4.69, 9.17) is 0 Å². The Bertz CT molecular complexity index is 436. The summed E-state index contributed by atoms with van der Waals surface area (Å²) in [7, 11) is -7.74. The van der Waals surface area contributed by atoms with Crippen molar-refractivity contribution < 1.29 is 56.9 Å². The highest BCUT2D eigenvalue weighted by Gasteiger charge is 2.86. The Hall–Kier alpha value is -0.860. The number of nitrogens with zero attached hydrogens (tertiary/aromatic N) is 1. The zero-order valence-corrected chi connectivity index (χ0v) is 8.65. The number of halogens is 11. The van der Waals surface area contributed by atoms with E-state index < -0.39 is 38.0 Å². The lowest BCUT2D eigenvalue weighted by atomic mass is 10.1. The van der Waals surface area contributed by atoms with E-state index in [1.165, 1.54) is 0 Å². The lowest BCUT2D eigenvalue weighted by Crippen LogP contribution is -2.64. The van der Waals surface area contributed by atoms with Crippen LogP contribution in [-0.4, -0.2) is 36.4 Å². The van der Waals surface area contributed by atoms with Gasteiger partial charge in [0.05, 0.1) is 0 Å². The van der Waals surface area contributed by atoms with Crippen molar-refractivity contribution in [1.82, 2.24) is 4.75 Å². The van der Waals surface area contributed by atoms with E-state index in [1.807, 2.05) is 0 Å². The SMILES string of the molecule is O=S(=O)(N(F)F)C(F)(F)C(F)(F)C(F)(F)C(F)(F)F. The molecule has 116 valence electrons. The van der Waals surface area contributed by atoms with Crippen molar-refractivity contribution in [3.05, 3.63) is 0 Å². The van der Waals surface area contributed by atoms with Crippen LogP contribution in [0.25, 0.3) is 0 Å². The number of rotatable bonds is 4. The molecular weight excluding hydrogens is 335 g/mol. The minimum absolute atomic E-state index is 3.59. The first kappa shape index (κ1) is 18.1. The lowest BCUT2D eigenvalue weighted by molar-refractivity contribution is -0.383. The first-order valence-corrected chi connectivity index (χ1v) is 4.95. The van der Waals surface area contributed by atoms with Gasteiger partial charge in [-0.1, -0.05) is 8.96 Å². The molecule has 0 aromatic heterocycles. The number of alkyl halides is 9. The Morgan fingerprint density at radius 2 is 1.00 bits per heavy atom. The summed E-state index contributed by atoms with van der Waals surface area (Å²) in [5.74, 6) is -15.2.